The van der Waals surface area contributed by atoms with Gasteiger partial charge in [0.05, 0.1) is 10.5 Å². The molecule has 0 amide bonds. The number of halogens is 3. The Morgan fingerprint density at radius 3 is 2.26 bits per heavy atom. The fourth-order valence-corrected chi connectivity index (χ4v) is 3.26. The average Bonchev–Trinajstić information content (AvgIpc) is 2.66. The summed E-state index contributed by atoms with van der Waals surface area (Å²) in [4.78, 5) is 14.6. The highest BCUT2D eigenvalue weighted by atomic mass is 19.4. The summed E-state index contributed by atoms with van der Waals surface area (Å²) in [6.45, 7) is 3.39. The first-order valence-corrected chi connectivity index (χ1v) is 8.71. The van der Waals surface area contributed by atoms with Gasteiger partial charge in [0.1, 0.15) is 5.69 Å². The zero-order valence-corrected chi connectivity index (χ0v) is 14.7. The summed E-state index contributed by atoms with van der Waals surface area (Å²) in [5, 5.41) is 11.3. The van der Waals surface area contributed by atoms with Crippen molar-refractivity contribution in [3.63, 3.8) is 0 Å². The Hall–Kier alpha value is -2.61. The standard InChI is InChI=1S/C19H20F3N3O2/c20-19(21,22)16-6-7-17(18(14-16)25(26)27)24-12-10-23(11-13-24)9-8-15-4-2-1-3-5-15/h1-7,14H,8-13H2. The maximum Gasteiger partial charge on any atom is 0.416 e. The lowest BCUT2D eigenvalue weighted by Gasteiger charge is -2.35. The van der Waals surface area contributed by atoms with Crippen LogP contribution in [0.5, 0.6) is 0 Å². The predicted molar refractivity (Wildman–Crippen MR) is 96.9 cm³/mol. The van der Waals surface area contributed by atoms with E-state index < -0.39 is 22.4 Å². The maximum absolute atomic E-state index is 12.8. The summed E-state index contributed by atoms with van der Waals surface area (Å²) in [7, 11) is 0. The van der Waals surface area contributed by atoms with Crippen LogP contribution in [0.1, 0.15) is 11.1 Å². The van der Waals surface area contributed by atoms with Crippen molar-refractivity contribution in [3.05, 3.63) is 69.8 Å². The van der Waals surface area contributed by atoms with Crippen molar-refractivity contribution in [2.45, 2.75) is 12.6 Å². The molecule has 0 spiro atoms. The zero-order valence-electron chi connectivity index (χ0n) is 14.7. The van der Waals surface area contributed by atoms with Crippen molar-refractivity contribution in [2.75, 3.05) is 37.6 Å². The van der Waals surface area contributed by atoms with Crippen LogP contribution in [-0.2, 0) is 12.6 Å². The van der Waals surface area contributed by atoms with Gasteiger partial charge < -0.3 is 4.90 Å². The van der Waals surface area contributed by atoms with E-state index >= 15 is 0 Å². The van der Waals surface area contributed by atoms with Crippen LogP contribution in [0.15, 0.2) is 48.5 Å². The third-order valence-electron chi connectivity index (χ3n) is 4.77. The van der Waals surface area contributed by atoms with Gasteiger partial charge in [-0.25, -0.2) is 0 Å². The lowest BCUT2D eigenvalue weighted by atomic mass is 10.1. The summed E-state index contributed by atoms with van der Waals surface area (Å²) in [5.74, 6) is 0. The van der Waals surface area contributed by atoms with Gasteiger partial charge in [0.2, 0.25) is 0 Å². The minimum absolute atomic E-state index is 0.246. The zero-order chi connectivity index (χ0) is 19.4. The Morgan fingerprint density at radius 2 is 1.67 bits per heavy atom. The number of rotatable bonds is 5. The summed E-state index contributed by atoms with van der Waals surface area (Å²) in [6, 6.07) is 12.8. The first kappa shape index (κ1) is 19.2. The molecule has 0 bridgehead atoms. The number of nitrogens with zero attached hydrogens (tertiary/aromatic N) is 3. The van der Waals surface area contributed by atoms with Gasteiger partial charge in [-0.3, -0.25) is 15.0 Å². The molecule has 1 heterocycles. The molecule has 2 aromatic rings. The second-order valence-corrected chi connectivity index (χ2v) is 6.52. The van der Waals surface area contributed by atoms with E-state index in [0.29, 0.717) is 32.2 Å². The van der Waals surface area contributed by atoms with Crippen LogP contribution < -0.4 is 4.90 Å². The Kier molecular flexibility index (Phi) is 5.65. The van der Waals surface area contributed by atoms with Gasteiger partial charge in [0.25, 0.3) is 5.69 Å². The van der Waals surface area contributed by atoms with Crippen LogP contribution in [0.4, 0.5) is 24.5 Å². The van der Waals surface area contributed by atoms with Crippen LogP contribution in [0.25, 0.3) is 0 Å². The van der Waals surface area contributed by atoms with E-state index in [2.05, 4.69) is 17.0 Å². The molecular formula is C19H20F3N3O2. The van der Waals surface area contributed by atoms with E-state index in [4.69, 9.17) is 0 Å². The van der Waals surface area contributed by atoms with Gasteiger partial charge in [0, 0.05) is 38.8 Å². The van der Waals surface area contributed by atoms with Gasteiger partial charge in [-0.05, 0) is 24.1 Å². The minimum Gasteiger partial charge on any atom is -0.363 e. The van der Waals surface area contributed by atoms with Crippen molar-refractivity contribution in [1.29, 1.82) is 0 Å². The van der Waals surface area contributed by atoms with Gasteiger partial charge in [-0.15, -0.1) is 0 Å². The number of benzene rings is 2. The fourth-order valence-electron chi connectivity index (χ4n) is 3.26. The van der Waals surface area contributed by atoms with Crippen molar-refractivity contribution < 1.29 is 18.1 Å². The van der Waals surface area contributed by atoms with Crippen LogP contribution in [-0.4, -0.2) is 42.5 Å². The number of nitro groups is 1. The van der Waals surface area contributed by atoms with Crippen LogP contribution in [0.3, 0.4) is 0 Å². The van der Waals surface area contributed by atoms with Crippen molar-refractivity contribution in [2.24, 2.45) is 0 Å². The SMILES string of the molecule is O=[N+]([O-])c1cc(C(F)(F)F)ccc1N1CCN(CCc2ccccc2)CC1. The third-order valence-corrected chi connectivity index (χ3v) is 4.77. The van der Waals surface area contributed by atoms with Gasteiger partial charge in [-0.2, -0.15) is 13.2 Å². The predicted octanol–water partition coefficient (Wildman–Crippen LogP) is 3.98. The Morgan fingerprint density at radius 1 is 1.00 bits per heavy atom. The fraction of sp³-hybridized carbons (Fsp3) is 0.368. The van der Waals surface area contributed by atoms with Crippen molar-refractivity contribution in [1.82, 2.24) is 4.90 Å². The smallest absolute Gasteiger partial charge is 0.363 e. The van der Waals surface area contributed by atoms with Crippen LogP contribution in [0.2, 0.25) is 0 Å². The van der Waals surface area contributed by atoms with E-state index in [1.54, 1.807) is 4.90 Å². The summed E-state index contributed by atoms with van der Waals surface area (Å²) < 4.78 is 38.5. The number of nitro benzene ring substituents is 1. The third kappa shape index (κ3) is 4.77. The first-order chi connectivity index (χ1) is 12.8. The van der Waals surface area contributed by atoms with Gasteiger partial charge in [-0.1, -0.05) is 30.3 Å². The highest BCUT2D eigenvalue weighted by Gasteiger charge is 2.34. The number of piperazine rings is 1. The molecule has 0 unspecified atom stereocenters. The summed E-state index contributed by atoms with van der Waals surface area (Å²) in [6.07, 6.45) is -3.68. The topological polar surface area (TPSA) is 49.6 Å². The molecule has 0 aliphatic carbocycles. The average molecular weight is 379 g/mol. The quantitative estimate of drug-likeness (QED) is 0.583. The molecule has 0 N–H and O–H groups in total. The molecule has 0 saturated carbocycles. The molecule has 1 aliphatic rings. The van der Waals surface area contributed by atoms with Gasteiger partial charge >= 0.3 is 6.18 Å². The number of hydrogen-bond acceptors (Lipinski definition) is 4. The first-order valence-electron chi connectivity index (χ1n) is 8.71. The molecule has 2 aromatic carbocycles. The van der Waals surface area contributed by atoms with Crippen molar-refractivity contribution in [3.8, 4) is 0 Å². The monoisotopic (exact) mass is 379 g/mol. The molecule has 0 atom stereocenters. The largest absolute Gasteiger partial charge is 0.416 e. The molecule has 0 aromatic heterocycles. The second kappa shape index (κ2) is 7.96. The van der Waals surface area contributed by atoms with Gasteiger partial charge in [0.15, 0.2) is 0 Å². The highest BCUT2D eigenvalue weighted by Crippen LogP contribution is 2.36. The van der Waals surface area contributed by atoms with E-state index in [1.807, 2.05) is 18.2 Å². The molecule has 1 saturated heterocycles. The van der Waals surface area contributed by atoms with E-state index in [9.17, 15) is 23.3 Å². The normalized spacial score (nSPS) is 15.7. The minimum atomic E-state index is -4.60. The maximum atomic E-state index is 12.8. The molecule has 3 rings (SSSR count). The molecule has 8 heteroatoms. The molecular weight excluding hydrogens is 359 g/mol. The summed E-state index contributed by atoms with van der Waals surface area (Å²) >= 11 is 0. The van der Waals surface area contributed by atoms with Crippen molar-refractivity contribution >= 4 is 11.4 Å². The Bertz CT molecular complexity index is 789. The van der Waals surface area contributed by atoms with E-state index in [0.717, 1.165) is 19.0 Å². The van der Waals surface area contributed by atoms with E-state index in [-0.39, 0.29) is 5.69 Å². The highest BCUT2D eigenvalue weighted by molar-refractivity contribution is 5.65. The molecule has 1 fully saturated rings. The molecule has 144 valence electrons. The number of anilines is 1. The Labute approximate surface area is 155 Å². The molecule has 27 heavy (non-hydrogen) atoms. The lowest BCUT2D eigenvalue weighted by molar-refractivity contribution is -0.384. The second-order valence-electron chi connectivity index (χ2n) is 6.52. The lowest BCUT2D eigenvalue weighted by Crippen LogP contribution is -2.47. The Balaban J connectivity index is 1.64. The van der Waals surface area contributed by atoms with Crippen LogP contribution >= 0.6 is 0 Å². The summed E-state index contributed by atoms with van der Waals surface area (Å²) in [5.41, 5.74) is -0.00368. The number of hydrogen-bond donors (Lipinski definition) is 0. The molecule has 0 radical (unpaired) electrons. The number of alkyl halides is 3. The van der Waals surface area contributed by atoms with E-state index in [1.165, 1.54) is 11.6 Å². The molecule has 5 nitrogen and oxygen atoms in total. The van der Waals surface area contributed by atoms with Crippen LogP contribution in [0, 0.1) is 10.1 Å². The molecule has 1 aliphatic heterocycles.